The number of nitrogens with one attached hydrogen (secondary N) is 2. The van der Waals surface area contributed by atoms with Gasteiger partial charge in [0.25, 0.3) is 0 Å². The van der Waals surface area contributed by atoms with Crippen molar-refractivity contribution in [1.29, 1.82) is 0 Å². The van der Waals surface area contributed by atoms with Crippen LogP contribution in [0.1, 0.15) is 25.5 Å². The van der Waals surface area contributed by atoms with E-state index in [4.69, 9.17) is 0 Å². The minimum atomic E-state index is -0.133. The van der Waals surface area contributed by atoms with Gasteiger partial charge in [0.15, 0.2) is 0 Å². The van der Waals surface area contributed by atoms with Crippen molar-refractivity contribution in [3.8, 4) is 0 Å². The summed E-state index contributed by atoms with van der Waals surface area (Å²) in [7, 11) is 1.95. The van der Waals surface area contributed by atoms with Crippen LogP contribution in [0.4, 0.5) is 5.69 Å². The van der Waals surface area contributed by atoms with Gasteiger partial charge in [0.1, 0.15) is 6.04 Å². The summed E-state index contributed by atoms with van der Waals surface area (Å²) in [4.78, 5) is 14.0. The SMILES string of the molecule is CNC(C)c1ccc(Br)cc1N1CCNC(=O)C1C. The summed E-state index contributed by atoms with van der Waals surface area (Å²) >= 11 is 3.52. The Bertz CT molecular complexity index is 478. The number of piperazine rings is 1. The Hall–Kier alpha value is -1.07. The summed E-state index contributed by atoms with van der Waals surface area (Å²) < 4.78 is 1.03. The Kier molecular flexibility index (Phi) is 4.47. The van der Waals surface area contributed by atoms with Gasteiger partial charge in [-0.1, -0.05) is 22.0 Å². The van der Waals surface area contributed by atoms with Crippen LogP contribution in [-0.2, 0) is 4.79 Å². The number of hydrogen-bond acceptors (Lipinski definition) is 3. The van der Waals surface area contributed by atoms with Gasteiger partial charge in [0.05, 0.1) is 0 Å². The maximum atomic E-state index is 11.8. The van der Waals surface area contributed by atoms with E-state index in [0.717, 1.165) is 16.7 Å². The van der Waals surface area contributed by atoms with E-state index in [-0.39, 0.29) is 18.0 Å². The molecule has 0 saturated carbocycles. The smallest absolute Gasteiger partial charge is 0.242 e. The Balaban J connectivity index is 2.41. The van der Waals surface area contributed by atoms with Crippen LogP contribution >= 0.6 is 15.9 Å². The van der Waals surface area contributed by atoms with Crippen molar-refractivity contribution in [1.82, 2.24) is 10.6 Å². The van der Waals surface area contributed by atoms with Gasteiger partial charge in [-0.2, -0.15) is 0 Å². The molecule has 1 aliphatic rings. The average Bonchev–Trinajstić information content (AvgIpc) is 2.41. The van der Waals surface area contributed by atoms with E-state index in [0.29, 0.717) is 6.54 Å². The number of carbonyl (C=O) groups excluding carboxylic acids is 1. The molecule has 1 saturated heterocycles. The van der Waals surface area contributed by atoms with Crippen LogP contribution in [-0.4, -0.2) is 32.1 Å². The maximum absolute atomic E-state index is 11.8. The van der Waals surface area contributed by atoms with Crippen molar-refractivity contribution >= 4 is 27.5 Å². The molecule has 0 spiro atoms. The largest absolute Gasteiger partial charge is 0.358 e. The summed E-state index contributed by atoms with van der Waals surface area (Å²) in [5, 5.41) is 6.16. The molecule has 1 heterocycles. The summed E-state index contributed by atoms with van der Waals surface area (Å²) in [6.45, 7) is 5.61. The van der Waals surface area contributed by atoms with Crippen LogP contribution < -0.4 is 15.5 Å². The van der Waals surface area contributed by atoms with E-state index in [1.165, 1.54) is 5.56 Å². The van der Waals surface area contributed by atoms with Gasteiger partial charge in [-0.05, 0) is 38.6 Å². The van der Waals surface area contributed by atoms with Gasteiger partial charge in [-0.3, -0.25) is 4.79 Å². The molecule has 2 N–H and O–H groups in total. The van der Waals surface area contributed by atoms with Gasteiger partial charge in [0, 0.05) is 29.3 Å². The number of halogens is 1. The minimum Gasteiger partial charge on any atom is -0.358 e. The molecule has 0 radical (unpaired) electrons. The molecule has 2 unspecified atom stereocenters. The van der Waals surface area contributed by atoms with Crippen molar-refractivity contribution in [2.45, 2.75) is 25.9 Å². The van der Waals surface area contributed by atoms with E-state index in [1.54, 1.807) is 0 Å². The number of amides is 1. The van der Waals surface area contributed by atoms with Gasteiger partial charge >= 0.3 is 0 Å². The van der Waals surface area contributed by atoms with Gasteiger partial charge in [-0.25, -0.2) is 0 Å². The van der Waals surface area contributed by atoms with E-state index < -0.39 is 0 Å². The molecule has 1 amide bonds. The number of nitrogens with zero attached hydrogens (tertiary/aromatic N) is 1. The zero-order chi connectivity index (χ0) is 14.0. The number of rotatable bonds is 3. The van der Waals surface area contributed by atoms with Crippen LogP contribution in [0.2, 0.25) is 0 Å². The molecule has 5 heteroatoms. The first kappa shape index (κ1) is 14.3. The molecule has 1 fully saturated rings. The fourth-order valence-corrected chi connectivity index (χ4v) is 2.75. The Morgan fingerprint density at radius 2 is 2.26 bits per heavy atom. The summed E-state index contributed by atoms with van der Waals surface area (Å²) in [5.41, 5.74) is 2.34. The predicted octanol–water partition coefficient (Wildman–Crippen LogP) is 2.05. The number of benzene rings is 1. The minimum absolute atomic E-state index is 0.0919. The molecule has 0 aliphatic carbocycles. The molecule has 0 aromatic heterocycles. The highest BCUT2D eigenvalue weighted by molar-refractivity contribution is 9.10. The molecule has 1 aliphatic heterocycles. The third-order valence-corrected chi connectivity index (χ3v) is 4.19. The highest BCUT2D eigenvalue weighted by Gasteiger charge is 2.27. The van der Waals surface area contributed by atoms with E-state index in [1.807, 2.05) is 20.0 Å². The van der Waals surface area contributed by atoms with Gasteiger partial charge in [-0.15, -0.1) is 0 Å². The first-order valence-corrected chi connectivity index (χ1v) is 7.35. The normalized spacial score (nSPS) is 21.2. The van der Waals surface area contributed by atoms with Crippen molar-refractivity contribution in [2.75, 3.05) is 25.0 Å². The molecule has 0 bridgehead atoms. The van der Waals surface area contributed by atoms with E-state index in [9.17, 15) is 4.79 Å². The van der Waals surface area contributed by atoms with Crippen LogP contribution in [0.15, 0.2) is 22.7 Å². The average molecular weight is 326 g/mol. The Morgan fingerprint density at radius 1 is 1.53 bits per heavy atom. The second-order valence-electron chi connectivity index (χ2n) is 4.87. The van der Waals surface area contributed by atoms with Crippen LogP contribution in [0.3, 0.4) is 0 Å². The summed E-state index contributed by atoms with van der Waals surface area (Å²) in [6.07, 6.45) is 0. The van der Waals surface area contributed by atoms with E-state index in [2.05, 4.69) is 50.5 Å². The molecular formula is C14H20BrN3O. The number of anilines is 1. The quantitative estimate of drug-likeness (QED) is 0.894. The lowest BCUT2D eigenvalue weighted by molar-refractivity contribution is -0.122. The second-order valence-corrected chi connectivity index (χ2v) is 5.79. The van der Waals surface area contributed by atoms with Crippen molar-refractivity contribution < 1.29 is 4.79 Å². The van der Waals surface area contributed by atoms with Gasteiger partial charge in [0.2, 0.25) is 5.91 Å². The zero-order valence-electron chi connectivity index (χ0n) is 11.5. The van der Waals surface area contributed by atoms with Crippen molar-refractivity contribution in [3.05, 3.63) is 28.2 Å². The highest BCUT2D eigenvalue weighted by atomic mass is 79.9. The fraction of sp³-hybridized carbons (Fsp3) is 0.500. The van der Waals surface area contributed by atoms with Crippen LogP contribution in [0.5, 0.6) is 0 Å². The Labute approximate surface area is 122 Å². The molecule has 2 rings (SSSR count). The molecule has 2 atom stereocenters. The molecule has 1 aromatic rings. The first-order chi connectivity index (χ1) is 9.04. The van der Waals surface area contributed by atoms with Crippen LogP contribution in [0, 0.1) is 0 Å². The summed E-state index contributed by atoms with van der Waals surface area (Å²) in [5.74, 6) is 0.0919. The third kappa shape index (κ3) is 2.92. The van der Waals surface area contributed by atoms with Gasteiger partial charge < -0.3 is 15.5 Å². The van der Waals surface area contributed by atoms with Crippen molar-refractivity contribution in [2.24, 2.45) is 0 Å². The first-order valence-electron chi connectivity index (χ1n) is 6.55. The van der Waals surface area contributed by atoms with Crippen molar-refractivity contribution in [3.63, 3.8) is 0 Å². The monoisotopic (exact) mass is 325 g/mol. The lowest BCUT2D eigenvalue weighted by Crippen LogP contribution is -2.54. The van der Waals surface area contributed by atoms with E-state index >= 15 is 0 Å². The molecule has 4 nitrogen and oxygen atoms in total. The van der Waals surface area contributed by atoms with Crippen LogP contribution in [0.25, 0.3) is 0 Å². The summed E-state index contributed by atoms with van der Waals surface area (Å²) in [6, 6.07) is 6.37. The lowest BCUT2D eigenvalue weighted by Gasteiger charge is -2.36. The molecular weight excluding hydrogens is 306 g/mol. The molecule has 19 heavy (non-hydrogen) atoms. The molecule has 1 aromatic carbocycles. The Morgan fingerprint density at radius 3 is 2.95 bits per heavy atom. The predicted molar refractivity (Wildman–Crippen MR) is 81.4 cm³/mol. The topological polar surface area (TPSA) is 44.4 Å². The standard InChI is InChI=1S/C14H20BrN3O/c1-9(16-3)12-5-4-11(15)8-13(12)18-7-6-17-14(19)10(18)2/h4-5,8-10,16H,6-7H2,1-3H3,(H,17,19). The highest BCUT2D eigenvalue weighted by Crippen LogP contribution is 2.31. The zero-order valence-corrected chi connectivity index (χ0v) is 13.1. The lowest BCUT2D eigenvalue weighted by atomic mass is 10.0. The molecule has 104 valence electrons. The number of carbonyl (C=O) groups is 1. The second kappa shape index (κ2) is 5.92. The maximum Gasteiger partial charge on any atom is 0.242 e. The third-order valence-electron chi connectivity index (χ3n) is 3.70. The number of hydrogen-bond donors (Lipinski definition) is 2. The fourth-order valence-electron chi connectivity index (χ4n) is 2.40.